The zero-order valence-corrected chi connectivity index (χ0v) is 14.3. The molecule has 0 N–H and O–H groups in total. The van der Waals surface area contributed by atoms with E-state index in [1.165, 1.54) is 0 Å². The molecule has 0 aliphatic carbocycles. The van der Waals surface area contributed by atoms with Gasteiger partial charge in [0.15, 0.2) is 0 Å². The highest BCUT2D eigenvalue weighted by atomic mass is 15.6. The Kier molecular flexibility index (Phi) is 6.10. The Labute approximate surface area is 139 Å². The Bertz CT molecular complexity index is 635. The van der Waals surface area contributed by atoms with Crippen LogP contribution in [0.15, 0.2) is 71.0 Å². The smallest absolute Gasteiger partial charge is 0.0952 e. The summed E-state index contributed by atoms with van der Waals surface area (Å²) in [7, 11) is 0. The first-order valence-electron chi connectivity index (χ1n) is 8.10. The van der Waals surface area contributed by atoms with Crippen molar-refractivity contribution in [3.05, 3.63) is 71.8 Å². The Balaban J connectivity index is 2.37. The predicted molar refractivity (Wildman–Crippen MR) is 97.7 cm³/mol. The first-order chi connectivity index (χ1) is 11.1. The molecule has 0 saturated carbocycles. The molecule has 0 aromatic heterocycles. The van der Waals surface area contributed by atoms with Gasteiger partial charge in [0, 0.05) is 17.6 Å². The second kappa shape index (κ2) is 8.28. The molecule has 0 unspecified atom stereocenters. The summed E-state index contributed by atoms with van der Waals surface area (Å²) in [6.07, 6.45) is 2.07. The van der Waals surface area contributed by atoms with Crippen molar-refractivity contribution in [2.75, 3.05) is 0 Å². The second-order valence-corrected chi connectivity index (χ2v) is 6.06. The van der Waals surface area contributed by atoms with Gasteiger partial charge in [0.25, 0.3) is 0 Å². The first-order valence-corrected chi connectivity index (χ1v) is 8.10. The van der Waals surface area contributed by atoms with Crippen molar-refractivity contribution in [1.82, 2.24) is 5.01 Å². The SMILES string of the molecule is CC(C)N(N=N/C(=C\c1ccccc1)c1ccccc1)C(C)C. The normalized spacial score (nSPS) is 12.3. The third kappa shape index (κ3) is 5.06. The quantitative estimate of drug-likeness (QED) is 0.384. The van der Waals surface area contributed by atoms with Crippen LogP contribution >= 0.6 is 0 Å². The third-order valence-electron chi connectivity index (χ3n) is 3.49. The summed E-state index contributed by atoms with van der Waals surface area (Å²) in [5.74, 6) is 0. The summed E-state index contributed by atoms with van der Waals surface area (Å²) in [6, 6.07) is 21.0. The fourth-order valence-electron chi connectivity index (χ4n) is 2.39. The molecule has 23 heavy (non-hydrogen) atoms. The number of hydrogen-bond acceptors (Lipinski definition) is 2. The van der Waals surface area contributed by atoms with Crippen molar-refractivity contribution in [2.45, 2.75) is 39.8 Å². The van der Waals surface area contributed by atoms with Crippen molar-refractivity contribution < 1.29 is 0 Å². The van der Waals surface area contributed by atoms with Crippen molar-refractivity contribution in [1.29, 1.82) is 0 Å². The van der Waals surface area contributed by atoms with Crippen molar-refractivity contribution in [3.63, 3.8) is 0 Å². The summed E-state index contributed by atoms with van der Waals surface area (Å²) >= 11 is 0. The van der Waals surface area contributed by atoms with Crippen LogP contribution in [0.25, 0.3) is 11.8 Å². The minimum Gasteiger partial charge on any atom is -0.273 e. The number of benzene rings is 2. The summed E-state index contributed by atoms with van der Waals surface area (Å²) in [5.41, 5.74) is 3.04. The molecule has 120 valence electrons. The van der Waals surface area contributed by atoms with Crippen LogP contribution in [0.4, 0.5) is 0 Å². The Morgan fingerprint density at radius 2 is 1.35 bits per heavy atom. The highest BCUT2D eigenvalue weighted by Crippen LogP contribution is 2.21. The van der Waals surface area contributed by atoms with E-state index in [2.05, 4.69) is 68.4 Å². The van der Waals surface area contributed by atoms with Gasteiger partial charge in [-0.3, -0.25) is 5.01 Å². The van der Waals surface area contributed by atoms with Crippen LogP contribution in [-0.2, 0) is 0 Å². The van der Waals surface area contributed by atoms with Gasteiger partial charge in [0.2, 0.25) is 0 Å². The zero-order valence-electron chi connectivity index (χ0n) is 14.3. The van der Waals surface area contributed by atoms with Crippen LogP contribution in [0.5, 0.6) is 0 Å². The summed E-state index contributed by atoms with van der Waals surface area (Å²) < 4.78 is 0. The van der Waals surface area contributed by atoms with Gasteiger partial charge in [-0.1, -0.05) is 65.9 Å². The van der Waals surface area contributed by atoms with E-state index in [1.807, 2.05) is 41.4 Å². The van der Waals surface area contributed by atoms with E-state index in [-0.39, 0.29) is 0 Å². The largest absolute Gasteiger partial charge is 0.273 e. The van der Waals surface area contributed by atoms with E-state index < -0.39 is 0 Å². The van der Waals surface area contributed by atoms with Gasteiger partial charge < -0.3 is 0 Å². The fraction of sp³-hybridized carbons (Fsp3) is 0.300. The molecular formula is C20H25N3. The standard InChI is InChI=1S/C20H25N3/c1-16(2)23(17(3)4)22-21-20(19-13-9-6-10-14-19)15-18-11-7-5-8-12-18/h5-17H,1-4H3/b20-15-,22-21?. The van der Waals surface area contributed by atoms with Gasteiger partial charge in [-0.2, -0.15) is 0 Å². The lowest BCUT2D eigenvalue weighted by atomic mass is 10.1. The molecule has 3 heteroatoms. The molecule has 0 bridgehead atoms. The molecule has 2 rings (SSSR count). The number of nitrogens with zero attached hydrogens (tertiary/aromatic N) is 3. The van der Waals surface area contributed by atoms with Crippen molar-refractivity contribution in [2.24, 2.45) is 10.3 Å². The Morgan fingerprint density at radius 3 is 1.87 bits per heavy atom. The van der Waals surface area contributed by atoms with Crippen molar-refractivity contribution in [3.8, 4) is 0 Å². The first kappa shape index (κ1) is 16.9. The second-order valence-electron chi connectivity index (χ2n) is 6.06. The lowest BCUT2D eigenvalue weighted by molar-refractivity contribution is 0.170. The van der Waals surface area contributed by atoms with Gasteiger partial charge in [0.05, 0.1) is 5.70 Å². The highest BCUT2D eigenvalue weighted by Gasteiger charge is 2.11. The van der Waals surface area contributed by atoms with Crippen molar-refractivity contribution >= 4 is 11.8 Å². The minimum atomic E-state index is 0.312. The van der Waals surface area contributed by atoms with E-state index >= 15 is 0 Å². The topological polar surface area (TPSA) is 28.0 Å². The molecule has 0 aliphatic heterocycles. The molecule has 0 amide bonds. The molecule has 2 aromatic rings. The summed E-state index contributed by atoms with van der Waals surface area (Å²) in [4.78, 5) is 0. The molecule has 0 spiro atoms. The van der Waals surface area contributed by atoms with Gasteiger partial charge in [-0.05, 0) is 39.3 Å². The molecule has 0 atom stereocenters. The molecule has 2 aromatic carbocycles. The van der Waals surface area contributed by atoms with E-state index in [0.29, 0.717) is 12.1 Å². The maximum absolute atomic E-state index is 4.54. The maximum Gasteiger partial charge on any atom is 0.0952 e. The lowest BCUT2D eigenvalue weighted by Crippen LogP contribution is -2.31. The molecule has 3 nitrogen and oxygen atoms in total. The van der Waals surface area contributed by atoms with Crippen LogP contribution in [0.2, 0.25) is 0 Å². The van der Waals surface area contributed by atoms with E-state index in [0.717, 1.165) is 16.8 Å². The van der Waals surface area contributed by atoms with Gasteiger partial charge >= 0.3 is 0 Å². The van der Waals surface area contributed by atoms with E-state index in [1.54, 1.807) is 0 Å². The fourth-order valence-corrected chi connectivity index (χ4v) is 2.39. The van der Waals surface area contributed by atoms with E-state index in [9.17, 15) is 0 Å². The highest BCUT2D eigenvalue weighted by molar-refractivity contribution is 5.80. The van der Waals surface area contributed by atoms with Crippen LogP contribution in [0.3, 0.4) is 0 Å². The lowest BCUT2D eigenvalue weighted by Gasteiger charge is -2.25. The van der Waals surface area contributed by atoms with Crippen LogP contribution < -0.4 is 0 Å². The third-order valence-corrected chi connectivity index (χ3v) is 3.49. The molecule has 0 saturated heterocycles. The average molecular weight is 307 g/mol. The minimum absolute atomic E-state index is 0.312. The number of rotatable bonds is 6. The molecule has 0 heterocycles. The molecule has 0 radical (unpaired) electrons. The molecular weight excluding hydrogens is 282 g/mol. The van der Waals surface area contributed by atoms with Gasteiger partial charge in [-0.25, -0.2) is 0 Å². The summed E-state index contributed by atoms with van der Waals surface area (Å²) in [6.45, 7) is 8.51. The maximum atomic E-state index is 4.54. The van der Waals surface area contributed by atoms with Gasteiger partial charge in [0.1, 0.15) is 0 Å². The Hall–Kier alpha value is -2.42. The van der Waals surface area contributed by atoms with Crippen LogP contribution in [0, 0.1) is 0 Å². The van der Waals surface area contributed by atoms with E-state index in [4.69, 9.17) is 0 Å². The Morgan fingerprint density at radius 1 is 0.826 bits per heavy atom. The summed E-state index contributed by atoms with van der Waals surface area (Å²) in [5, 5.41) is 11.0. The number of hydrogen-bond donors (Lipinski definition) is 0. The average Bonchev–Trinajstić information content (AvgIpc) is 2.55. The molecule has 0 aliphatic rings. The predicted octanol–water partition coefficient (Wildman–Crippen LogP) is 5.67. The molecule has 0 fully saturated rings. The van der Waals surface area contributed by atoms with Gasteiger partial charge in [-0.15, -0.1) is 5.11 Å². The van der Waals surface area contributed by atoms with Crippen LogP contribution in [0.1, 0.15) is 38.8 Å². The zero-order chi connectivity index (χ0) is 16.7. The monoisotopic (exact) mass is 307 g/mol. The van der Waals surface area contributed by atoms with Crippen LogP contribution in [-0.4, -0.2) is 17.1 Å².